The van der Waals surface area contributed by atoms with Gasteiger partial charge in [-0.05, 0) is 12.8 Å². The zero-order chi connectivity index (χ0) is 15.8. The Balaban J connectivity index is 2.10. The number of rotatable bonds is 1. The van der Waals surface area contributed by atoms with Crippen molar-refractivity contribution in [1.29, 1.82) is 0 Å². The summed E-state index contributed by atoms with van der Waals surface area (Å²) in [7, 11) is 0. The Labute approximate surface area is 125 Å². The summed E-state index contributed by atoms with van der Waals surface area (Å²) in [6.45, 7) is 0. The third kappa shape index (κ3) is 2.69. The second-order valence-electron chi connectivity index (χ2n) is 5.53. The molecule has 6 heteroatoms. The molecule has 2 aliphatic rings. The van der Waals surface area contributed by atoms with E-state index >= 15 is 0 Å². The van der Waals surface area contributed by atoms with Crippen molar-refractivity contribution in [1.82, 2.24) is 0 Å². The quantitative estimate of drug-likeness (QED) is 0.729. The highest BCUT2D eigenvalue weighted by molar-refractivity contribution is 5.98. The van der Waals surface area contributed by atoms with Crippen LogP contribution in [0.2, 0.25) is 0 Å². The van der Waals surface area contributed by atoms with Crippen molar-refractivity contribution in [2.75, 3.05) is 0 Å². The van der Waals surface area contributed by atoms with E-state index in [-0.39, 0.29) is 5.56 Å². The first-order valence-corrected chi connectivity index (χ1v) is 7.21. The van der Waals surface area contributed by atoms with Crippen LogP contribution in [0.3, 0.4) is 0 Å². The van der Waals surface area contributed by atoms with Crippen molar-refractivity contribution in [3.63, 3.8) is 0 Å². The maximum Gasteiger partial charge on any atom is 0.427 e. The molecule has 1 aliphatic carbocycles. The topological polar surface area (TPSA) is 35.5 Å². The van der Waals surface area contributed by atoms with Gasteiger partial charge in [0.1, 0.15) is 0 Å². The number of ether oxygens (including phenoxy) is 2. The van der Waals surface area contributed by atoms with Gasteiger partial charge in [0.15, 0.2) is 11.3 Å². The summed E-state index contributed by atoms with van der Waals surface area (Å²) in [6.07, 6.45) is -1.51. The summed E-state index contributed by atoms with van der Waals surface area (Å²) >= 11 is 0. The SMILES string of the molecule is O=C1OC2(CCCCC2)OC(c2ccccc2)=C1C(F)(F)F. The number of carbonyl (C=O) groups excluding carboxylic acids is 1. The fraction of sp³-hybridized carbons (Fsp3) is 0.438. The van der Waals surface area contributed by atoms with Crippen molar-refractivity contribution < 1.29 is 27.4 Å². The van der Waals surface area contributed by atoms with Crippen LogP contribution in [0.1, 0.15) is 37.7 Å². The molecule has 118 valence electrons. The van der Waals surface area contributed by atoms with Gasteiger partial charge in [-0.1, -0.05) is 36.8 Å². The Morgan fingerprint density at radius 2 is 1.59 bits per heavy atom. The molecule has 0 bridgehead atoms. The Hall–Kier alpha value is -1.98. The lowest BCUT2D eigenvalue weighted by Gasteiger charge is -2.41. The van der Waals surface area contributed by atoms with Crippen molar-refractivity contribution >= 4 is 11.7 Å². The van der Waals surface area contributed by atoms with Crippen LogP contribution < -0.4 is 0 Å². The van der Waals surface area contributed by atoms with Crippen LogP contribution in [0.25, 0.3) is 5.76 Å². The first-order chi connectivity index (χ1) is 10.4. The molecule has 1 saturated carbocycles. The number of halogens is 3. The molecule has 0 N–H and O–H groups in total. The second kappa shape index (κ2) is 5.34. The molecular weight excluding hydrogens is 297 g/mol. The fourth-order valence-electron chi connectivity index (χ4n) is 2.90. The second-order valence-corrected chi connectivity index (χ2v) is 5.53. The van der Waals surface area contributed by atoms with Gasteiger partial charge in [0, 0.05) is 18.4 Å². The molecule has 1 heterocycles. The van der Waals surface area contributed by atoms with Gasteiger partial charge in [0.05, 0.1) is 0 Å². The van der Waals surface area contributed by atoms with Gasteiger partial charge in [0.25, 0.3) is 5.79 Å². The van der Waals surface area contributed by atoms with Gasteiger partial charge < -0.3 is 9.47 Å². The number of carbonyl (C=O) groups is 1. The minimum absolute atomic E-state index is 0.233. The maximum atomic E-state index is 13.2. The summed E-state index contributed by atoms with van der Waals surface area (Å²) in [5, 5.41) is 0. The monoisotopic (exact) mass is 312 g/mol. The van der Waals surface area contributed by atoms with E-state index in [4.69, 9.17) is 9.47 Å². The van der Waals surface area contributed by atoms with Gasteiger partial charge in [-0.3, -0.25) is 0 Å². The first kappa shape index (κ1) is 14.9. The predicted octanol–water partition coefficient (Wildman–Crippen LogP) is 4.19. The molecule has 1 aromatic rings. The van der Waals surface area contributed by atoms with E-state index in [1.165, 1.54) is 12.1 Å². The van der Waals surface area contributed by atoms with Gasteiger partial charge in [0.2, 0.25) is 0 Å². The number of hydrogen-bond acceptors (Lipinski definition) is 3. The van der Waals surface area contributed by atoms with Crippen LogP contribution in [0.5, 0.6) is 0 Å². The average molecular weight is 312 g/mol. The lowest BCUT2D eigenvalue weighted by Crippen LogP contribution is -2.45. The Morgan fingerprint density at radius 1 is 0.955 bits per heavy atom. The Bertz CT molecular complexity index is 599. The van der Waals surface area contributed by atoms with Crippen molar-refractivity contribution in [3.05, 3.63) is 41.5 Å². The summed E-state index contributed by atoms with van der Waals surface area (Å²) in [4.78, 5) is 12.0. The zero-order valence-electron chi connectivity index (χ0n) is 11.8. The van der Waals surface area contributed by atoms with E-state index in [9.17, 15) is 18.0 Å². The third-order valence-corrected chi connectivity index (χ3v) is 3.93. The van der Waals surface area contributed by atoms with E-state index < -0.39 is 29.3 Å². The molecule has 1 fully saturated rings. The van der Waals surface area contributed by atoms with Gasteiger partial charge in [-0.15, -0.1) is 0 Å². The Morgan fingerprint density at radius 3 is 2.18 bits per heavy atom. The van der Waals surface area contributed by atoms with Crippen LogP contribution in [0, 0.1) is 0 Å². The minimum atomic E-state index is -4.82. The first-order valence-electron chi connectivity index (χ1n) is 7.21. The zero-order valence-corrected chi connectivity index (χ0v) is 11.8. The normalized spacial score (nSPS) is 21.5. The fourth-order valence-corrected chi connectivity index (χ4v) is 2.90. The molecule has 0 atom stereocenters. The van der Waals surface area contributed by atoms with Gasteiger partial charge in [-0.25, -0.2) is 4.79 Å². The van der Waals surface area contributed by atoms with Gasteiger partial charge in [-0.2, -0.15) is 13.2 Å². The highest BCUT2D eigenvalue weighted by atomic mass is 19.4. The van der Waals surface area contributed by atoms with Crippen LogP contribution in [-0.4, -0.2) is 17.9 Å². The highest BCUT2D eigenvalue weighted by Gasteiger charge is 2.52. The van der Waals surface area contributed by atoms with Crippen LogP contribution >= 0.6 is 0 Å². The lowest BCUT2D eigenvalue weighted by molar-refractivity contribution is -0.229. The molecular formula is C16H15F3O3. The smallest absolute Gasteiger partial charge is 0.427 e. The molecule has 22 heavy (non-hydrogen) atoms. The summed E-state index contributed by atoms with van der Waals surface area (Å²) in [5.74, 6) is -3.03. The summed E-state index contributed by atoms with van der Waals surface area (Å²) in [5.41, 5.74) is -1.13. The number of esters is 1. The van der Waals surface area contributed by atoms with Crippen LogP contribution in [0.4, 0.5) is 13.2 Å². The lowest BCUT2D eigenvalue weighted by atomic mass is 9.92. The van der Waals surface area contributed by atoms with Gasteiger partial charge >= 0.3 is 12.1 Å². The molecule has 1 spiro atoms. The Kier molecular flexibility index (Phi) is 3.62. The van der Waals surface area contributed by atoms with Crippen molar-refractivity contribution in [2.45, 2.75) is 44.1 Å². The van der Waals surface area contributed by atoms with E-state index in [1.54, 1.807) is 18.2 Å². The van der Waals surface area contributed by atoms with E-state index in [0.717, 1.165) is 19.3 Å². The number of hydrogen-bond donors (Lipinski definition) is 0. The van der Waals surface area contributed by atoms with Crippen molar-refractivity contribution in [2.24, 2.45) is 0 Å². The molecule has 3 rings (SSSR count). The number of alkyl halides is 3. The van der Waals surface area contributed by atoms with Crippen LogP contribution in [-0.2, 0) is 14.3 Å². The maximum absolute atomic E-state index is 13.2. The average Bonchev–Trinajstić information content (AvgIpc) is 2.46. The molecule has 0 aromatic heterocycles. The molecule has 1 aromatic carbocycles. The standard InChI is InChI=1S/C16H15F3O3/c17-16(18,19)12-13(11-7-3-1-4-8-11)21-15(22-14(12)20)9-5-2-6-10-15/h1,3-4,7-8H,2,5-6,9-10H2. The molecule has 0 unspecified atom stereocenters. The van der Waals surface area contributed by atoms with E-state index in [2.05, 4.69) is 0 Å². The third-order valence-electron chi connectivity index (χ3n) is 3.93. The summed E-state index contributed by atoms with van der Waals surface area (Å²) < 4.78 is 50.4. The highest BCUT2D eigenvalue weighted by Crippen LogP contribution is 2.45. The molecule has 3 nitrogen and oxygen atoms in total. The molecule has 1 aliphatic heterocycles. The van der Waals surface area contributed by atoms with E-state index in [0.29, 0.717) is 12.8 Å². The summed E-state index contributed by atoms with van der Waals surface area (Å²) in [6, 6.07) is 7.89. The largest absolute Gasteiger partial charge is 0.451 e. The molecule has 0 amide bonds. The van der Waals surface area contributed by atoms with E-state index in [1.807, 2.05) is 0 Å². The van der Waals surface area contributed by atoms with Crippen molar-refractivity contribution in [3.8, 4) is 0 Å². The minimum Gasteiger partial charge on any atom is -0.451 e. The number of benzene rings is 1. The molecule has 0 saturated heterocycles. The molecule has 0 radical (unpaired) electrons. The predicted molar refractivity (Wildman–Crippen MR) is 72.4 cm³/mol. The van der Waals surface area contributed by atoms with Crippen LogP contribution in [0.15, 0.2) is 35.9 Å².